The Kier molecular flexibility index (Phi) is 5.68. The van der Waals surface area contributed by atoms with E-state index in [0.29, 0.717) is 31.0 Å². The highest BCUT2D eigenvalue weighted by Crippen LogP contribution is 2.36. The zero-order chi connectivity index (χ0) is 13.7. The molecule has 110 valence electrons. The van der Waals surface area contributed by atoms with Gasteiger partial charge in [-0.15, -0.1) is 0 Å². The van der Waals surface area contributed by atoms with E-state index < -0.39 is 0 Å². The molecule has 0 saturated heterocycles. The van der Waals surface area contributed by atoms with Crippen LogP contribution in [-0.2, 0) is 9.53 Å². The van der Waals surface area contributed by atoms with Crippen molar-refractivity contribution in [3.8, 4) is 0 Å². The molecule has 0 unspecified atom stereocenters. The van der Waals surface area contributed by atoms with Gasteiger partial charge in [-0.25, -0.2) is 0 Å². The first-order valence-corrected chi connectivity index (χ1v) is 8.06. The number of hydrogen-bond acceptors (Lipinski definition) is 2. The Balaban J connectivity index is 1.84. The number of carbonyl (C=O) groups is 1. The lowest BCUT2D eigenvalue weighted by Crippen LogP contribution is -2.43. The van der Waals surface area contributed by atoms with Crippen molar-refractivity contribution < 1.29 is 9.53 Å². The minimum atomic E-state index is 0.375. The lowest BCUT2D eigenvalue weighted by molar-refractivity contribution is -0.135. The van der Waals surface area contributed by atoms with Crippen LogP contribution in [0.15, 0.2) is 0 Å². The number of rotatable bonds is 7. The minimum Gasteiger partial charge on any atom is -0.385 e. The third-order valence-corrected chi connectivity index (χ3v) is 4.75. The van der Waals surface area contributed by atoms with Crippen molar-refractivity contribution in [1.29, 1.82) is 0 Å². The molecule has 2 saturated carbocycles. The summed E-state index contributed by atoms with van der Waals surface area (Å²) >= 11 is 0. The Morgan fingerprint density at radius 2 is 1.68 bits per heavy atom. The predicted molar refractivity (Wildman–Crippen MR) is 77.0 cm³/mol. The van der Waals surface area contributed by atoms with E-state index in [2.05, 4.69) is 11.8 Å². The second kappa shape index (κ2) is 7.28. The summed E-state index contributed by atoms with van der Waals surface area (Å²) in [7, 11) is 1.70. The topological polar surface area (TPSA) is 29.5 Å². The zero-order valence-electron chi connectivity index (χ0n) is 12.6. The van der Waals surface area contributed by atoms with Gasteiger partial charge < -0.3 is 9.64 Å². The first kappa shape index (κ1) is 14.8. The first-order valence-electron chi connectivity index (χ1n) is 8.06. The highest BCUT2D eigenvalue weighted by molar-refractivity contribution is 5.77. The summed E-state index contributed by atoms with van der Waals surface area (Å²) in [4.78, 5) is 14.7. The lowest BCUT2D eigenvalue weighted by atomic mass is 9.83. The standard InChI is InChI=1S/C16H29NO2/c1-3-13-6-8-14(9-7-13)17(15-10-11-15)16(18)5-4-12-19-2/h13-15H,3-12H2,1-2H3. The maximum absolute atomic E-state index is 12.4. The average molecular weight is 267 g/mol. The van der Waals surface area contributed by atoms with Gasteiger partial charge in [0.25, 0.3) is 0 Å². The van der Waals surface area contributed by atoms with E-state index >= 15 is 0 Å². The molecule has 1 amide bonds. The molecular formula is C16H29NO2. The van der Waals surface area contributed by atoms with Crippen LogP contribution in [0.4, 0.5) is 0 Å². The highest BCUT2D eigenvalue weighted by Gasteiger charge is 2.38. The maximum atomic E-state index is 12.4. The molecule has 2 fully saturated rings. The maximum Gasteiger partial charge on any atom is 0.223 e. The molecule has 0 aromatic carbocycles. The number of hydrogen-bond donors (Lipinski definition) is 0. The molecule has 0 atom stereocenters. The van der Waals surface area contributed by atoms with Crippen molar-refractivity contribution in [2.75, 3.05) is 13.7 Å². The Morgan fingerprint density at radius 1 is 1.11 bits per heavy atom. The van der Waals surface area contributed by atoms with E-state index in [0.717, 1.165) is 12.3 Å². The summed E-state index contributed by atoms with van der Waals surface area (Å²) in [5, 5.41) is 0. The molecule has 0 heterocycles. The van der Waals surface area contributed by atoms with E-state index in [1.165, 1.54) is 44.9 Å². The van der Waals surface area contributed by atoms with Crippen molar-refractivity contribution in [2.24, 2.45) is 5.92 Å². The van der Waals surface area contributed by atoms with Gasteiger partial charge in [-0.1, -0.05) is 13.3 Å². The fourth-order valence-electron chi connectivity index (χ4n) is 3.39. The summed E-state index contributed by atoms with van der Waals surface area (Å²) in [5.41, 5.74) is 0. The molecule has 0 aliphatic heterocycles. The molecule has 2 aliphatic carbocycles. The van der Waals surface area contributed by atoms with Crippen LogP contribution < -0.4 is 0 Å². The third kappa shape index (κ3) is 4.20. The molecule has 3 nitrogen and oxygen atoms in total. The van der Waals surface area contributed by atoms with E-state index in [9.17, 15) is 4.79 Å². The van der Waals surface area contributed by atoms with E-state index in [1.54, 1.807) is 7.11 Å². The smallest absolute Gasteiger partial charge is 0.223 e. The molecule has 0 spiro atoms. The molecule has 2 rings (SSSR count). The van der Waals surface area contributed by atoms with Gasteiger partial charge in [-0.2, -0.15) is 0 Å². The molecule has 0 N–H and O–H groups in total. The lowest BCUT2D eigenvalue weighted by Gasteiger charge is -2.37. The van der Waals surface area contributed by atoms with E-state index in [-0.39, 0.29) is 0 Å². The average Bonchev–Trinajstić information content (AvgIpc) is 3.25. The summed E-state index contributed by atoms with van der Waals surface area (Å²) in [6.45, 7) is 2.99. The molecule has 0 aromatic heterocycles. The van der Waals surface area contributed by atoms with Crippen LogP contribution in [0.25, 0.3) is 0 Å². The number of amides is 1. The Hall–Kier alpha value is -0.570. The molecule has 0 bridgehead atoms. The second-order valence-electron chi connectivity index (χ2n) is 6.21. The number of methoxy groups -OCH3 is 1. The summed E-state index contributed by atoms with van der Waals surface area (Å²) in [5.74, 6) is 1.28. The van der Waals surface area contributed by atoms with Gasteiger partial charge in [-0.3, -0.25) is 4.79 Å². The van der Waals surface area contributed by atoms with Crippen LogP contribution in [-0.4, -0.2) is 36.6 Å². The third-order valence-electron chi connectivity index (χ3n) is 4.75. The van der Waals surface area contributed by atoms with Crippen LogP contribution in [0, 0.1) is 5.92 Å². The van der Waals surface area contributed by atoms with Crippen LogP contribution in [0.1, 0.15) is 64.7 Å². The SMILES string of the molecule is CCC1CCC(N(C(=O)CCCOC)C2CC2)CC1. The van der Waals surface area contributed by atoms with E-state index in [4.69, 9.17) is 4.74 Å². The van der Waals surface area contributed by atoms with Crippen molar-refractivity contribution in [1.82, 2.24) is 4.90 Å². The monoisotopic (exact) mass is 267 g/mol. The number of ether oxygens (including phenoxy) is 1. The van der Waals surface area contributed by atoms with Crippen molar-refractivity contribution in [3.63, 3.8) is 0 Å². The highest BCUT2D eigenvalue weighted by atomic mass is 16.5. The van der Waals surface area contributed by atoms with Crippen LogP contribution >= 0.6 is 0 Å². The Labute approximate surface area is 117 Å². The van der Waals surface area contributed by atoms with Crippen molar-refractivity contribution in [3.05, 3.63) is 0 Å². The van der Waals surface area contributed by atoms with Gasteiger partial charge in [0.05, 0.1) is 0 Å². The fraction of sp³-hybridized carbons (Fsp3) is 0.938. The largest absolute Gasteiger partial charge is 0.385 e. The van der Waals surface area contributed by atoms with Crippen molar-refractivity contribution in [2.45, 2.75) is 76.8 Å². The van der Waals surface area contributed by atoms with Gasteiger partial charge in [0.2, 0.25) is 5.91 Å². The van der Waals surface area contributed by atoms with Crippen LogP contribution in [0.2, 0.25) is 0 Å². The van der Waals surface area contributed by atoms with Gasteiger partial charge in [0.1, 0.15) is 0 Å². The Bertz CT molecular complexity index is 280. The molecular weight excluding hydrogens is 238 g/mol. The summed E-state index contributed by atoms with van der Waals surface area (Å²) < 4.78 is 5.05. The van der Waals surface area contributed by atoms with Gasteiger partial charge in [0, 0.05) is 32.2 Å². The first-order chi connectivity index (χ1) is 9.26. The molecule has 3 heteroatoms. The zero-order valence-corrected chi connectivity index (χ0v) is 12.6. The molecule has 0 radical (unpaired) electrons. The van der Waals surface area contributed by atoms with Crippen LogP contribution in [0.3, 0.4) is 0 Å². The minimum absolute atomic E-state index is 0.375. The number of nitrogens with zero attached hydrogens (tertiary/aromatic N) is 1. The van der Waals surface area contributed by atoms with Gasteiger partial charge >= 0.3 is 0 Å². The van der Waals surface area contributed by atoms with Gasteiger partial charge in [0.15, 0.2) is 0 Å². The Morgan fingerprint density at radius 3 is 2.16 bits per heavy atom. The summed E-state index contributed by atoms with van der Waals surface area (Å²) in [6.07, 6.45) is 10.4. The molecule has 19 heavy (non-hydrogen) atoms. The molecule has 2 aliphatic rings. The van der Waals surface area contributed by atoms with Crippen LogP contribution in [0.5, 0.6) is 0 Å². The fourth-order valence-corrected chi connectivity index (χ4v) is 3.39. The van der Waals surface area contributed by atoms with Crippen molar-refractivity contribution >= 4 is 5.91 Å². The van der Waals surface area contributed by atoms with Gasteiger partial charge in [-0.05, 0) is 50.9 Å². The number of carbonyl (C=O) groups excluding carboxylic acids is 1. The quantitative estimate of drug-likeness (QED) is 0.662. The predicted octanol–water partition coefficient (Wildman–Crippen LogP) is 3.37. The molecule has 0 aromatic rings. The summed E-state index contributed by atoms with van der Waals surface area (Å²) in [6, 6.07) is 1.10. The second-order valence-corrected chi connectivity index (χ2v) is 6.21. The normalized spacial score (nSPS) is 27.3. The van der Waals surface area contributed by atoms with E-state index in [1.807, 2.05) is 0 Å².